The summed E-state index contributed by atoms with van der Waals surface area (Å²) in [5, 5.41) is 2.93. The Morgan fingerprint density at radius 3 is 2.40 bits per heavy atom. The van der Waals surface area contributed by atoms with E-state index in [0.717, 1.165) is 12.2 Å². The summed E-state index contributed by atoms with van der Waals surface area (Å²) in [7, 11) is -0.0732. The van der Waals surface area contributed by atoms with Gasteiger partial charge < -0.3 is 4.74 Å². The van der Waals surface area contributed by atoms with Crippen LogP contribution in [0.2, 0.25) is 13.1 Å². The van der Waals surface area contributed by atoms with Crippen LogP contribution < -0.4 is 15.1 Å². The minimum atomic E-state index is -1.90. The van der Waals surface area contributed by atoms with Crippen molar-refractivity contribution in [1.29, 1.82) is 0 Å². The quantitative estimate of drug-likeness (QED) is 0.730. The maximum absolute atomic E-state index is 6.00. The van der Waals surface area contributed by atoms with Crippen molar-refractivity contribution in [2.24, 2.45) is 0 Å². The summed E-state index contributed by atoms with van der Waals surface area (Å²) in [5.74, 6) is 1.09. The summed E-state index contributed by atoms with van der Waals surface area (Å²) in [6, 6.07) is 11.5. The third-order valence-corrected chi connectivity index (χ3v) is 8.91. The van der Waals surface area contributed by atoms with Crippen molar-refractivity contribution in [2.45, 2.75) is 52.6 Å². The average Bonchev–Trinajstić information content (AvgIpc) is 3.01. The van der Waals surface area contributed by atoms with Gasteiger partial charge >= 0.3 is 0 Å². The van der Waals surface area contributed by atoms with E-state index in [9.17, 15) is 0 Å². The predicted molar refractivity (Wildman–Crippen MR) is 112 cm³/mol. The highest BCUT2D eigenvalue weighted by atomic mass is 28.3. The van der Waals surface area contributed by atoms with E-state index in [-0.39, 0.29) is 5.41 Å². The molecule has 0 saturated carbocycles. The lowest BCUT2D eigenvalue weighted by atomic mass is 9.85. The Morgan fingerprint density at radius 2 is 1.76 bits per heavy atom. The van der Waals surface area contributed by atoms with Crippen LogP contribution in [-0.4, -0.2) is 15.2 Å². The maximum Gasteiger partial charge on any atom is 0.122 e. The second-order valence-corrected chi connectivity index (χ2v) is 13.1. The van der Waals surface area contributed by atoms with E-state index < -0.39 is 8.07 Å². The van der Waals surface area contributed by atoms with Crippen LogP contribution in [0.25, 0.3) is 6.08 Å². The number of hydrogen-bond donors (Lipinski definition) is 0. The molecular weight excluding hydrogens is 320 g/mol. The molecule has 0 aromatic heterocycles. The van der Waals surface area contributed by atoms with Crippen LogP contribution in [0, 0.1) is 6.92 Å². The molecule has 0 amide bonds. The van der Waals surface area contributed by atoms with Crippen molar-refractivity contribution >= 4 is 24.5 Å². The zero-order valence-electron chi connectivity index (χ0n) is 16.7. The van der Waals surface area contributed by atoms with Crippen LogP contribution in [0.1, 0.15) is 43.0 Å². The number of ether oxygens (including phenoxy) is 1. The predicted octanol–water partition coefficient (Wildman–Crippen LogP) is 4.69. The first-order chi connectivity index (χ1) is 11.7. The SMILES string of the molecule is COc1c(C(C)(C)C)cc(C)cc1[Si](C)(C)c1cccc2c1C=CC2. The van der Waals surface area contributed by atoms with Gasteiger partial charge in [-0.25, -0.2) is 0 Å². The van der Waals surface area contributed by atoms with Crippen LogP contribution in [0.15, 0.2) is 36.4 Å². The molecule has 0 bridgehead atoms. The molecule has 0 N–H and O–H groups in total. The zero-order valence-corrected chi connectivity index (χ0v) is 17.7. The van der Waals surface area contributed by atoms with Crippen molar-refractivity contribution in [1.82, 2.24) is 0 Å². The topological polar surface area (TPSA) is 9.23 Å². The molecule has 0 aliphatic heterocycles. The highest BCUT2D eigenvalue weighted by Crippen LogP contribution is 2.33. The van der Waals surface area contributed by atoms with Gasteiger partial charge in [-0.1, -0.05) is 81.9 Å². The second-order valence-electron chi connectivity index (χ2n) is 8.75. The summed E-state index contributed by atoms with van der Waals surface area (Å²) in [5.41, 5.74) is 5.61. The number of fused-ring (bicyclic) bond motifs is 1. The first-order valence-corrected chi connectivity index (χ1v) is 12.1. The smallest absolute Gasteiger partial charge is 0.122 e. The minimum Gasteiger partial charge on any atom is -0.497 e. The molecule has 3 rings (SSSR count). The molecule has 0 saturated heterocycles. The molecule has 1 aliphatic carbocycles. The maximum atomic E-state index is 6.00. The number of benzene rings is 2. The zero-order chi connectivity index (χ0) is 18.4. The van der Waals surface area contributed by atoms with Gasteiger partial charge in [-0.2, -0.15) is 0 Å². The van der Waals surface area contributed by atoms with Crippen LogP contribution in [-0.2, 0) is 11.8 Å². The number of rotatable bonds is 3. The molecule has 0 spiro atoms. The van der Waals surface area contributed by atoms with Crippen molar-refractivity contribution in [3.05, 3.63) is 58.7 Å². The summed E-state index contributed by atoms with van der Waals surface area (Å²) in [4.78, 5) is 0. The van der Waals surface area contributed by atoms with Crippen LogP contribution >= 0.6 is 0 Å². The van der Waals surface area contributed by atoms with Crippen molar-refractivity contribution in [2.75, 3.05) is 7.11 Å². The summed E-state index contributed by atoms with van der Waals surface area (Å²) in [6.45, 7) is 13.9. The third-order valence-electron chi connectivity index (χ3n) is 5.41. The van der Waals surface area contributed by atoms with E-state index in [1.54, 1.807) is 0 Å². The Bertz CT molecular complexity index is 838. The highest BCUT2D eigenvalue weighted by Gasteiger charge is 2.34. The largest absolute Gasteiger partial charge is 0.497 e. The van der Waals surface area contributed by atoms with Gasteiger partial charge in [0.2, 0.25) is 0 Å². The molecule has 132 valence electrons. The normalized spacial score (nSPS) is 13.9. The van der Waals surface area contributed by atoms with Crippen molar-refractivity contribution in [3.8, 4) is 5.75 Å². The van der Waals surface area contributed by atoms with Crippen LogP contribution in [0.5, 0.6) is 5.75 Å². The molecule has 0 heterocycles. The summed E-state index contributed by atoms with van der Waals surface area (Å²) >= 11 is 0. The molecule has 1 aliphatic rings. The number of aryl methyl sites for hydroxylation is 1. The van der Waals surface area contributed by atoms with Gasteiger partial charge in [0.15, 0.2) is 0 Å². The molecule has 25 heavy (non-hydrogen) atoms. The fourth-order valence-corrected chi connectivity index (χ4v) is 7.11. The average molecular weight is 351 g/mol. The number of allylic oxidation sites excluding steroid dienone is 1. The van der Waals surface area contributed by atoms with Gasteiger partial charge in [-0.05, 0) is 45.8 Å². The monoisotopic (exact) mass is 350 g/mol. The van der Waals surface area contributed by atoms with Crippen LogP contribution in [0.4, 0.5) is 0 Å². The molecule has 1 nitrogen and oxygen atoms in total. The van der Waals surface area contributed by atoms with Gasteiger partial charge in [-0.15, -0.1) is 0 Å². The summed E-state index contributed by atoms with van der Waals surface area (Å²) < 4.78 is 6.00. The fourth-order valence-electron chi connectivity index (χ4n) is 4.00. The number of hydrogen-bond acceptors (Lipinski definition) is 1. The lowest BCUT2D eigenvalue weighted by molar-refractivity contribution is 0.400. The second kappa shape index (κ2) is 6.17. The van der Waals surface area contributed by atoms with Crippen LogP contribution in [0.3, 0.4) is 0 Å². The lowest BCUT2D eigenvalue weighted by Gasteiger charge is -2.32. The lowest BCUT2D eigenvalue weighted by Crippen LogP contribution is -2.55. The molecule has 0 radical (unpaired) electrons. The molecule has 2 aromatic rings. The molecular formula is C23H30OSi. The minimum absolute atomic E-state index is 0.0646. The van der Waals surface area contributed by atoms with Gasteiger partial charge in [-0.3, -0.25) is 0 Å². The third kappa shape index (κ3) is 3.08. The van der Waals surface area contributed by atoms with Gasteiger partial charge in [0.1, 0.15) is 13.8 Å². The molecule has 0 unspecified atom stereocenters. The Hall–Kier alpha value is -1.80. The highest BCUT2D eigenvalue weighted by molar-refractivity contribution is 7.01. The van der Waals surface area contributed by atoms with E-state index in [0.29, 0.717) is 0 Å². The van der Waals surface area contributed by atoms with Crippen molar-refractivity contribution in [3.63, 3.8) is 0 Å². The van der Waals surface area contributed by atoms with Gasteiger partial charge in [0.05, 0.1) is 7.11 Å². The molecule has 2 heteroatoms. The Kier molecular flexibility index (Phi) is 4.44. The van der Waals surface area contributed by atoms with Crippen molar-refractivity contribution < 1.29 is 4.74 Å². The molecule has 2 aromatic carbocycles. The standard InChI is InChI=1S/C23H30OSi/c1-16-14-19(23(2,3)4)22(24-5)21(15-16)25(6,7)20-13-9-11-17-10-8-12-18(17)20/h8-9,11-15H,10H2,1-7H3. The first kappa shape index (κ1) is 18.0. The van der Waals surface area contributed by atoms with E-state index in [1.165, 1.54) is 32.6 Å². The molecule has 0 fully saturated rings. The van der Waals surface area contributed by atoms with Gasteiger partial charge in [0, 0.05) is 0 Å². The molecule has 0 atom stereocenters. The number of methoxy groups -OCH3 is 1. The van der Waals surface area contributed by atoms with E-state index in [2.05, 4.69) is 83.3 Å². The summed E-state index contributed by atoms with van der Waals surface area (Å²) in [6.07, 6.45) is 5.66. The Balaban J connectivity index is 2.27. The van der Waals surface area contributed by atoms with E-state index >= 15 is 0 Å². The van der Waals surface area contributed by atoms with E-state index in [1.807, 2.05) is 7.11 Å². The van der Waals surface area contributed by atoms with Gasteiger partial charge in [0.25, 0.3) is 0 Å². The fraction of sp³-hybridized carbons (Fsp3) is 0.391. The Labute approximate surface area is 153 Å². The Morgan fingerprint density at radius 1 is 1.04 bits per heavy atom. The van der Waals surface area contributed by atoms with E-state index in [4.69, 9.17) is 4.74 Å². The first-order valence-electron chi connectivity index (χ1n) is 9.14.